The van der Waals surface area contributed by atoms with E-state index in [9.17, 15) is 0 Å². The Kier molecular flexibility index (Phi) is 3.47. The molecule has 3 nitrogen and oxygen atoms in total. The number of aromatic nitrogens is 2. The molecule has 2 aromatic rings. The molecule has 16 heavy (non-hydrogen) atoms. The van der Waals surface area contributed by atoms with Crippen LogP contribution in [0.15, 0.2) is 42.7 Å². The first-order valence-corrected chi connectivity index (χ1v) is 5.69. The Morgan fingerprint density at radius 2 is 2.12 bits per heavy atom. The lowest BCUT2D eigenvalue weighted by Crippen LogP contribution is -2.14. The van der Waals surface area contributed by atoms with Gasteiger partial charge in [-0.05, 0) is 5.56 Å². The number of anilines is 1. The summed E-state index contributed by atoms with van der Waals surface area (Å²) >= 11 is 5.97. The molecule has 1 aromatic heterocycles. The van der Waals surface area contributed by atoms with Gasteiger partial charge in [-0.3, -0.25) is 0 Å². The SMILES string of the molecule is Cn1ccnc1NC(CCl)c1ccccc1. The maximum Gasteiger partial charge on any atom is 0.203 e. The summed E-state index contributed by atoms with van der Waals surface area (Å²) in [6.07, 6.45) is 3.66. The fourth-order valence-corrected chi connectivity index (χ4v) is 1.81. The van der Waals surface area contributed by atoms with Gasteiger partial charge >= 0.3 is 0 Å². The van der Waals surface area contributed by atoms with Crippen molar-refractivity contribution in [2.45, 2.75) is 6.04 Å². The summed E-state index contributed by atoms with van der Waals surface area (Å²) in [7, 11) is 1.95. The standard InChI is InChI=1S/C12H14ClN3/c1-16-8-7-14-12(16)15-11(9-13)10-5-3-2-4-6-10/h2-8,11H,9H2,1H3,(H,14,15). The van der Waals surface area contributed by atoms with Gasteiger partial charge in [0.1, 0.15) is 0 Å². The highest BCUT2D eigenvalue weighted by Crippen LogP contribution is 2.19. The summed E-state index contributed by atoms with van der Waals surface area (Å²) in [5, 5.41) is 3.31. The van der Waals surface area contributed by atoms with Gasteiger partial charge in [0.05, 0.1) is 6.04 Å². The number of hydrogen-bond donors (Lipinski definition) is 1. The number of rotatable bonds is 4. The van der Waals surface area contributed by atoms with Crippen LogP contribution < -0.4 is 5.32 Å². The van der Waals surface area contributed by atoms with Crippen molar-refractivity contribution in [3.8, 4) is 0 Å². The van der Waals surface area contributed by atoms with E-state index < -0.39 is 0 Å². The van der Waals surface area contributed by atoms with Crippen LogP contribution in [0.2, 0.25) is 0 Å². The van der Waals surface area contributed by atoms with E-state index >= 15 is 0 Å². The van der Waals surface area contributed by atoms with Gasteiger partial charge in [-0.25, -0.2) is 4.98 Å². The lowest BCUT2D eigenvalue weighted by molar-refractivity contribution is 0.828. The van der Waals surface area contributed by atoms with E-state index in [1.54, 1.807) is 6.20 Å². The minimum absolute atomic E-state index is 0.0870. The number of aryl methyl sites for hydroxylation is 1. The Bertz CT molecular complexity index is 439. The Balaban J connectivity index is 2.16. The van der Waals surface area contributed by atoms with Crippen LogP contribution in [0, 0.1) is 0 Å². The third-order valence-corrected chi connectivity index (χ3v) is 2.79. The molecule has 0 aliphatic rings. The van der Waals surface area contributed by atoms with E-state index in [4.69, 9.17) is 11.6 Å². The topological polar surface area (TPSA) is 29.9 Å². The summed E-state index contributed by atoms with van der Waals surface area (Å²) in [6, 6.07) is 10.2. The van der Waals surface area contributed by atoms with Crippen molar-refractivity contribution < 1.29 is 0 Å². The van der Waals surface area contributed by atoms with Crippen LogP contribution in [-0.4, -0.2) is 15.4 Å². The van der Waals surface area contributed by atoms with Gasteiger partial charge < -0.3 is 9.88 Å². The zero-order valence-electron chi connectivity index (χ0n) is 9.10. The van der Waals surface area contributed by atoms with Crippen LogP contribution in [0.4, 0.5) is 5.95 Å². The number of hydrogen-bond acceptors (Lipinski definition) is 2. The zero-order chi connectivity index (χ0) is 11.4. The minimum atomic E-state index is 0.0870. The maximum atomic E-state index is 5.97. The van der Waals surface area contributed by atoms with Crippen LogP contribution in [0.25, 0.3) is 0 Å². The monoisotopic (exact) mass is 235 g/mol. The maximum absolute atomic E-state index is 5.97. The largest absolute Gasteiger partial charge is 0.348 e. The van der Waals surface area contributed by atoms with Gasteiger partial charge in [0.2, 0.25) is 5.95 Å². The quantitative estimate of drug-likeness (QED) is 0.826. The molecule has 0 radical (unpaired) electrons. The second-order valence-electron chi connectivity index (χ2n) is 3.62. The first-order chi connectivity index (χ1) is 7.81. The van der Waals surface area contributed by atoms with Crippen molar-refractivity contribution in [2.75, 3.05) is 11.2 Å². The van der Waals surface area contributed by atoms with E-state index in [1.807, 2.05) is 36.0 Å². The van der Waals surface area contributed by atoms with E-state index in [0.717, 1.165) is 5.95 Å². The Morgan fingerprint density at radius 3 is 2.69 bits per heavy atom. The molecular formula is C12H14ClN3. The normalized spacial score (nSPS) is 12.4. The van der Waals surface area contributed by atoms with Gasteiger partial charge in [-0.2, -0.15) is 0 Å². The van der Waals surface area contributed by atoms with E-state index in [2.05, 4.69) is 22.4 Å². The molecular weight excluding hydrogens is 222 g/mol. The van der Waals surface area contributed by atoms with Crippen LogP contribution in [0.1, 0.15) is 11.6 Å². The van der Waals surface area contributed by atoms with Crippen molar-refractivity contribution in [3.63, 3.8) is 0 Å². The number of alkyl halides is 1. The Hall–Kier alpha value is -1.48. The van der Waals surface area contributed by atoms with Crippen molar-refractivity contribution in [3.05, 3.63) is 48.3 Å². The van der Waals surface area contributed by atoms with Gasteiger partial charge in [0.25, 0.3) is 0 Å². The summed E-state index contributed by atoms with van der Waals surface area (Å²) < 4.78 is 1.93. The first-order valence-electron chi connectivity index (χ1n) is 5.16. The van der Waals surface area contributed by atoms with Gasteiger partial charge in [0, 0.05) is 25.3 Å². The van der Waals surface area contributed by atoms with Gasteiger partial charge in [-0.1, -0.05) is 30.3 Å². The molecule has 1 unspecified atom stereocenters. The third-order valence-electron chi connectivity index (χ3n) is 2.48. The van der Waals surface area contributed by atoms with Crippen molar-refractivity contribution in [2.24, 2.45) is 7.05 Å². The summed E-state index contributed by atoms with van der Waals surface area (Å²) in [5.41, 5.74) is 1.17. The molecule has 0 saturated heterocycles. The minimum Gasteiger partial charge on any atom is -0.348 e. The predicted molar refractivity (Wildman–Crippen MR) is 66.7 cm³/mol. The Labute approximate surface area is 100 Å². The average molecular weight is 236 g/mol. The highest BCUT2D eigenvalue weighted by atomic mass is 35.5. The summed E-state index contributed by atoms with van der Waals surface area (Å²) in [6.45, 7) is 0. The number of benzene rings is 1. The lowest BCUT2D eigenvalue weighted by atomic mass is 10.1. The molecule has 84 valence electrons. The highest BCUT2D eigenvalue weighted by molar-refractivity contribution is 6.18. The number of imidazole rings is 1. The molecule has 2 rings (SSSR count). The van der Waals surface area contributed by atoms with Crippen molar-refractivity contribution in [1.82, 2.24) is 9.55 Å². The Morgan fingerprint density at radius 1 is 1.38 bits per heavy atom. The molecule has 0 amide bonds. The molecule has 1 N–H and O–H groups in total. The molecule has 0 aliphatic heterocycles. The fourth-order valence-electron chi connectivity index (χ4n) is 1.56. The smallest absolute Gasteiger partial charge is 0.203 e. The van der Waals surface area contributed by atoms with Gasteiger partial charge in [-0.15, -0.1) is 11.6 Å². The second kappa shape index (κ2) is 5.03. The molecule has 1 aromatic carbocycles. The molecule has 1 heterocycles. The average Bonchev–Trinajstić information content (AvgIpc) is 2.73. The van der Waals surface area contributed by atoms with Crippen molar-refractivity contribution in [1.29, 1.82) is 0 Å². The molecule has 0 bridgehead atoms. The van der Waals surface area contributed by atoms with Crippen LogP contribution in [-0.2, 0) is 7.05 Å². The molecule has 0 fully saturated rings. The highest BCUT2D eigenvalue weighted by Gasteiger charge is 2.11. The molecule has 1 atom stereocenters. The van der Waals surface area contributed by atoms with Crippen LogP contribution in [0.3, 0.4) is 0 Å². The third kappa shape index (κ3) is 2.36. The fraction of sp³-hybridized carbons (Fsp3) is 0.250. The predicted octanol–water partition coefficient (Wildman–Crippen LogP) is 2.81. The van der Waals surface area contributed by atoms with Crippen molar-refractivity contribution >= 4 is 17.5 Å². The summed E-state index contributed by atoms with van der Waals surface area (Å²) in [5.74, 6) is 1.34. The van der Waals surface area contributed by atoms with Crippen LogP contribution in [0.5, 0.6) is 0 Å². The van der Waals surface area contributed by atoms with E-state index in [1.165, 1.54) is 5.56 Å². The molecule has 0 spiro atoms. The number of nitrogens with one attached hydrogen (secondary N) is 1. The molecule has 0 aliphatic carbocycles. The molecule has 0 saturated carbocycles. The zero-order valence-corrected chi connectivity index (χ0v) is 9.85. The summed E-state index contributed by atoms with van der Waals surface area (Å²) in [4.78, 5) is 4.22. The number of halogens is 1. The second-order valence-corrected chi connectivity index (χ2v) is 3.93. The van der Waals surface area contributed by atoms with E-state index in [0.29, 0.717) is 5.88 Å². The molecule has 4 heteroatoms. The van der Waals surface area contributed by atoms with E-state index in [-0.39, 0.29) is 6.04 Å². The van der Waals surface area contributed by atoms with Gasteiger partial charge in [0.15, 0.2) is 0 Å². The van der Waals surface area contributed by atoms with Crippen LogP contribution >= 0.6 is 11.6 Å². The first kappa shape index (κ1) is 11.0. The number of nitrogens with zero attached hydrogens (tertiary/aromatic N) is 2. The lowest BCUT2D eigenvalue weighted by Gasteiger charge is -2.16.